The monoisotopic (exact) mass is 345 g/mol. The lowest BCUT2D eigenvalue weighted by Gasteiger charge is -2.39. The highest BCUT2D eigenvalue weighted by atomic mass is 16.3. The van der Waals surface area contributed by atoms with E-state index in [0.717, 1.165) is 32.9 Å². The van der Waals surface area contributed by atoms with E-state index in [1.807, 2.05) is 25.1 Å². The molecule has 0 radical (unpaired) electrons. The first kappa shape index (κ1) is 16.2. The second-order valence-electron chi connectivity index (χ2n) is 6.87. The van der Waals surface area contributed by atoms with Crippen molar-refractivity contribution in [2.75, 3.05) is 7.05 Å². The summed E-state index contributed by atoms with van der Waals surface area (Å²) >= 11 is 0. The molecule has 0 saturated carbocycles. The third-order valence-electron chi connectivity index (χ3n) is 5.04. The molecule has 1 fully saturated rings. The number of carbonyl (C=O) groups excluding carboxylic acids is 1. The number of rotatable bonds is 1. The van der Waals surface area contributed by atoms with Crippen molar-refractivity contribution in [2.24, 2.45) is 0 Å². The summed E-state index contributed by atoms with van der Waals surface area (Å²) in [5.74, 6) is 6.02. The van der Waals surface area contributed by atoms with Gasteiger partial charge in [0.2, 0.25) is 5.91 Å². The molecular formula is C21H19N3O2. The van der Waals surface area contributed by atoms with Gasteiger partial charge in [0, 0.05) is 12.4 Å². The van der Waals surface area contributed by atoms with Crippen molar-refractivity contribution in [2.45, 2.75) is 25.8 Å². The maximum absolute atomic E-state index is 12.2. The Labute approximate surface area is 151 Å². The topological polar surface area (TPSA) is 69.3 Å². The lowest BCUT2D eigenvalue weighted by atomic mass is 9.85. The molecule has 1 aromatic heterocycles. The summed E-state index contributed by atoms with van der Waals surface area (Å²) < 4.78 is 5.62. The van der Waals surface area contributed by atoms with E-state index in [9.17, 15) is 4.79 Å². The number of hydrogen-bond donors (Lipinski definition) is 2. The molecular weight excluding hydrogens is 326 g/mol. The van der Waals surface area contributed by atoms with Crippen LogP contribution in [0.5, 0.6) is 0 Å². The summed E-state index contributed by atoms with van der Waals surface area (Å²) in [7, 11) is 1.61. The molecule has 0 aliphatic carbocycles. The van der Waals surface area contributed by atoms with Crippen molar-refractivity contribution < 1.29 is 9.21 Å². The Bertz CT molecular complexity index is 1110. The van der Waals surface area contributed by atoms with Gasteiger partial charge in [0.1, 0.15) is 11.8 Å². The highest BCUT2D eigenvalue weighted by molar-refractivity contribution is 6.00. The summed E-state index contributed by atoms with van der Waals surface area (Å²) in [5, 5.41) is 14.3. The molecule has 1 atom stereocenters. The third kappa shape index (κ3) is 2.42. The van der Waals surface area contributed by atoms with Crippen LogP contribution < -0.4 is 5.32 Å². The Morgan fingerprint density at radius 2 is 2.08 bits per heavy atom. The highest BCUT2D eigenvalue weighted by Gasteiger charge is 2.37. The van der Waals surface area contributed by atoms with E-state index >= 15 is 0 Å². The van der Waals surface area contributed by atoms with Gasteiger partial charge in [-0.25, -0.2) is 0 Å². The van der Waals surface area contributed by atoms with Crippen molar-refractivity contribution in [3.05, 3.63) is 47.7 Å². The standard InChI is InChI=1S/C21H19N3O2/c1-4-5-14-12-26-18-10-13-6-7-16(8-15(13)9-17(14)18)21(2)11-19(25)24(3)20(22)23-21/h6-10,12H,11H2,1-3H3,(H2,22,23)/t21-/m0/s1. The van der Waals surface area contributed by atoms with Crippen molar-refractivity contribution in [3.63, 3.8) is 0 Å². The lowest BCUT2D eigenvalue weighted by Crippen LogP contribution is -2.58. The zero-order valence-corrected chi connectivity index (χ0v) is 14.9. The zero-order valence-electron chi connectivity index (χ0n) is 14.9. The Balaban J connectivity index is 1.85. The molecule has 2 heterocycles. The number of amides is 1. The summed E-state index contributed by atoms with van der Waals surface area (Å²) in [5.41, 5.74) is 2.05. The van der Waals surface area contributed by atoms with Gasteiger partial charge in [-0.05, 0) is 48.4 Å². The molecule has 1 amide bonds. The minimum atomic E-state index is -0.605. The fourth-order valence-corrected chi connectivity index (χ4v) is 3.45. The molecule has 26 heavy (non-hydrogen) atoms. The number of carbonyl (C=O) groups is 1. The molecule has 2 aromatic carbocycles. The van der Waals surface area contributed by atoms with Crippen LogP contribution >= 0.6 is 0 Å². The predicted octanol–water partition coefficient (Wildman–Crippen LogP) is 3.56. The fraction of sp³-hybridized carbons (Fsp3) is 0.238. The number of guanidine groups is 1. The van der Waals surface area contributed by atoms with Gasteiger partial charge in [0.15, 0.2) is 5.96 Å². The molecule has 3 aromatic rings. The van der Waals surface area contributed by atoms with Crippen molar-refractivity contribution in [1.82, 2.24) is 10.2 Å². The van der Waals surface area contributed by atoms with E-state index < -0.39 is 5.54 Å². The van der Waals surface area contributed by atoms with E-state index in [2.05, 4.69) is 29.3 Å². The molecule has 5 heteroatoms. The quantitative estimate of drug-likeness (QED) is 0.663. The van der Waals surface area contributed by atoms with E-state index in [1.54, 1.807) is 20.2 Å². The molecule has 4 rings (SSSR count). The molecule has 1 saturated heterocycles. The summed E-state index contributed by atoms with van der Waals surface area (Å²) in [6.45, 7) is 3.76. The maximum atomic E-state index is 12.2. The third-order valence-corrected chi connectivity index (χ3v) is 5.04. The van der Waals surface area contributed by atoms with Crippen molar-refractivity contribution in [3.8, 4) is 11.8 Å². The molecule has 130 valence electrons. The van der Waals surface area contributed by atoms with Gasteiger partial charge >= 0.3 is 0 Å². The largest absolute Gasteiger partial charge is 0.463 e. The first-order chi connectivity index (χ1) is 12.4. The van der Waals surface area contributed by atoms with Gasteiger partial charge in [-0.2, -0.15) is 0 Å². The van der Waals surface area contributed by atoms with Gasteiger partial charge in [0.05, 0.1) is 17.5 Å². The van der Waals surface area contributed by atoms with Crippen LogP contribution in [-0.4, -0.2) is 23.8 Å². The van der Waals surface area contributed by atoms with Crippen LogP contribution in [0.25, 0.3) is 21.7 Å². The van der Waals surface area contributed by atoms with Crippen molar-refractivity contribution >= 4 is 33.6 Å². The van der Waals surface area contributed by atoms with Crippen LogP contribution in [0.15, 0.2) is 41.0 Å². The first-order valence-electron chi connectivity index (χ1n) is 8.43. The van der Waals surface area contributed by atoms with Gasteiger partial charge in [-0.15, -0.1) is 5.92 Å². The average Bonchev–Trinajstić information content (AvgIpc) is 2.99. The lowest BCUT2D eigenvalue weighted by molar-refractivity contribution is -0.129. The normalized spacial score (nSPS) is 20.2. The number of nitrogens with zero attached hydrogens (tertiary/aromatic N) is 1. The molecule has 1 aliphatic rings. The summed E-state index contributed by atoms with van der Waals surface area (Å²) in [6.07, 6.45) is 1.98. The molecule has 0 spiro atoms. The molecule has 1 aliphatic heterocycles. The minimum absolute atomic E-state index is 0.0675. The average molecular weight is 345 g/mol. The van der Waals surface area contributed by atoms with E-state index in [4.69, 9.17) is 9.83 Å². The van der Waals surface area contributed by atoms with Gasteiger partial charge in [-0.3, -0.25) is 15.1 Å². The van der Waals surface area contributed by atoms with E-state index in [0.29, 0.717) is 6.42 Å². The number of nitrogens with one attached hydrogen (secondary N) is 2. The van der Waals surface area contributed by atoms with Crippen LogP contribution in [0.3, 0.4) is 0 Å². The summed E-state index contributed by atoms with van der Waals surface area (Å²) in [6, 6.07) is 10.2. The minimum Gasteiger partial charge on any atom is -0.463 e. The van der Waals surface area contributed by atoms with Crippen LogP contribution in [0.2, 0.25) is 0 Å². The summed E-state index contributed by atoms with van der Waals surface area (Å²) in [4.78, 5) is 13.6. The smallest absolute Gasteiger partial charge is 0.231 e. The molecule has 0 unspecified atom stereocenters. The Morgan fingerprint density at radius 1 is 1.27 bits per heavy atom. The Kier molecular flexibility index (Phi) is 3.52. The molecule has 5 nitrogen and oxygen atoms in total. The Morgan fingerprint density at radius 3 is 2.81 bits per heavy atom. The SMILES string of the molecule is CC#Cc1coc2cc3ccc([C@]4(C)CC(=O)N(C)C(=N)N4)cc3cc12. The van der Waals surface area contributed by atoms with E-state index in [1.165, 1.54) is 4.90 Å². The van der Waals surface area contributed by atoms with E-state index in [-0.39, 0.29) is 11.9 Å². The number of benzene rings is 2. The van der Waals surface area contributed by atoms with Gasteiger partial charge in [0.25, 0.3) is 0 Å². The fourth-order valence-electron chi connectivity index (χ4n) is 3.45. The number of hydrogen-bond acceptors (Lipinski definition) is 3. The second-order valence-corrected chi connectivity index (χ2v) is 6.87. The zero-order chi connectivity index (χ0) is 18.5. The van der Waals surface area contributed by atoms with Gasteiger partial charge < -0.3 is 9.73 Å². The Hall–Kier alpha value is -3.26. The molecule has 2 N–H and O–H groups in total. The van der Waals surface area contributed by atoms with Crippen LogP contribution in [0, 0.1) is 17.3 Å². The second kappa shape index (κ2) is 5.63. The van der Waals surface area contributed by atoms with Crippen LogP contribution in [0.1, 0.15) is 31.4 Å². The maximum Gasteiger partial charge on any atom is 0.231 e. The number of furan rings is 1. The van der Waals surface area contributed by atoms with Crippen molar-refractivity contribution in [1.29, 1.82) is 5.41 Å². The first-order valence-corrected chi connectivity index (χ1v) is 8.43. The molecule has 0 bridgehead atoms. The van der Waals surface area contributed by atoms with Crippen LogP contribution in [-0.2, 0) is 10.3 Å². The van der Waals surface area contributed by atoms with Gasteiger partial charge in [-0.1, -0.05) is 18.1 Å². The predicted molar refractivity (Wildman–Crippen MR) is 102 cm³/mol. The highest BCUT2D eigenvalue weighted by Crippen LogP contribution is 2.33. The number of fused-ring (bicyclic) bond motifs is 2. The van der Waals surface area contributed by atoms with Crippen LogP contribution in [0.4, 0.5) is 0 Å².